The Labute approximate surface area is 123 Å². The largest absolute Gasteiger partial charge is 0.373 e. The highest BCUT2D eigenvalue weighted by atomic mass is 15.1. The molecular formula is C16H17N5. The average Bonchev–Trinajstić information content (AvgIpc) is 2.51. The van der Waals surface area contributed by atoms with E-state index in [1.807, 2.05) is 45.3 Å². The van der Waals surface area contributed by atoms with Gasteiger partial charge in [-0.05, 0) is 31.4 Å². The second kappa shape index (κ2) is 5.36. The Morgan fingerprint density at radius 2 is 1.81 bits per heavy atom. The first-order valence-corrected chi connectivity index (χ1v) is 6.82. The molecule has 0 aliphatic heterocycles. The zero-order valence-corrected chi connectivity index (χ0v) is 12.3. The van der Waals surface area contributed by atoms with Crippen molar-refractivity contribution in [1.82, 2.24) is 15.0 Å². The predicted molar refractivity (Wildman–Crippen MR) is 86.1 cm³/mol. The van der Waals surface area contributed by atoms with Crippen LogP contribution in [0.5, 0.6) is 0 Å². The van der Waals surface area contributed by atoms with Crippen molar-refractivity contribution in [1.29, 1.82) is 0 Å². The van der Waals surface area contributed by atoms with Crippen molar-refractivity contribution >= 4 is 28.1 Å². The lowest BCUT2D eigenvalue weighted by atomic mass is 10.1. The van der Waals surface area contributed by atoms with Gasteiger partial charge in [0.1, 0.15) is 17.5 Å². The van der Waals surface area contributed by atoms with Crippen molar-refractivity contribution < 1.29 is 0 Å². The number of nitrogens with one attached hydrogen (secondary N) is 2. The van der Waals surface area contributed by atoms with Crippen LogP contribution < -0.4 is 10.6 Å². The van der Waals surface area contributed by atoms with Gasteiger partial charge in [0.2, 0.25) is 0 Å². The summed E-state index contributed by atoms with van der Waals surface area (Å²) in [5.41, 5.74) is 1.98. The van der Waals surface area contributed by atoms with Gasteiger partial charge in [-0.3, -0.25) is 4.98 Å². The molecule has 0 saturated heterocycles. The molecule has 21 heavy (non-hydrogen) atoms. The molecule has 0 unspecified atom stereocenters. The van der Waals surface area contributed by atoms with Crippen LogP contribution in [0.15, 0.2) is 36.7 Å². The second-order valence-electron chi connectivity index (χ2n) is 4.87. The Bertz CT molecular complexity index is 793. The van der Waals surface area contributed by atoms with Gasteiger partial charge in [0.15, 0.2) is 0 Å². The summed E-state index contributed by atoms with van der Waals surface area (Å²) in [6.07, 6.45) is 3.66. The summed E-state index contributed by atoms with van der Waals surface area (Å²) in [7, 11) is 1.86. The van der Waals surface area contributed by atoms with E-state index in [0.29, 0.717) is 0 Å². The van der Waals surface area contributed by atoms with Gasteiger partial charge < -0.3 is 10.6 Å². The predicted octanol–water partition coefficient (Wildman–Crippen LogP) is 3.43. The standard InChI is InChI=1S/C16H17N5/c1-10-15(17-3)19-11(2)20-16(10)21-14-6-4-5-12-7-8-18-9-13(12)14/h4-9H,1-3H3,(H2,17,19,20,21). The molecule has 3 rings (SSSR count). The minimum Gasteiger partial charge on any atom is -0.373 e. The van der Waals surface area contributed by atoms with Gasteiger partial charge in [0.25, 0.3) is 0 Å². The first-order chi connectivity index (χ1) is 10.2. The lowest BCUT2D eigenvalue weighted by Crippen LogP contribution is -2.05. The maximum absolute atomic E-state index is 4.50. The van der Waals surface area contributed by atoms with Crippen LogP contribution >= 0.6 is 0 Å². The minimum atomic E-state index is 0.728. The highest BCUT2D eigenvalue weighted by molar-refractivity contribution is 5.94. The van der Waals surface area contributed by atoms with Crippen LogP contribution in [-0.4, -0.2) is 22.0 Å². The molecule has 5 heteroatoms. The molecule has 0 spiro atoms. The molecule has 2 aromatic heterocycles. The Kier molecular flexibility index (Phi) is 3.39. The highest BCUT2D eigenvalue weighted by Crippen LogP contribution is 2.28. The van der Waals surface area contributed by atoms with Gasteiger partial charge in [-0.15, -0.1) is 0 Å². The van der Waals surface area contributed by atoms with Crippen LogP contribution in [0.4, 0.5) is 17.3 Å². The van der Waals surface area contributed by atoms with Gasteiger partial charge in [0.05, 0.1) is 0 Å². The van der Waals surface area contributed by atoms with Gasteiger partial charge in [0, 0.05) is 36.1 Å². The van der Waals surface area contributed by atoms with Crippen LogP contribution in [0.2, 0.25) is 0 Å². The quantitative estimate of drug-likeness (QED) is 0.769. The molecule has 0 saturated carbocycles. The van der Waals surface area contributed by atoms with E-state index in [1.165, 1.54) is 0 Å². The lowest BCUT2D eigenvalue weighted by molar-refractivity contribution is 1.04. The van der Waals surface area contributed by atoms with Gasteiger partial charge in [-0.2, -0.15) is 0 Å². The molecule has 0 aliphatic carbocycles. The topological polar surface area (TPSA) is 62.7 Å². The fourth-order valence-electron chi connectivity index (χ4n) is 2.34. The number of hydrogen-bond donors (Lipinski definition) is 2. The molecule has 0 atom stereocenters. The normalized spacial score (nSPS) is 10.6. The Morgan fingerprint density at radius 1 is 1.00 bits per heavy atom. The fourth-order valence-corrected chi connectivity index (χ4v) is 2.34. The third-order valence-electron chi connectivity index (χ3n) is 3.43. The smallest absolute Gasteiger partial charge is 0.139 e. The number of benzene rings is 1. The van der Waals surface area contributed by atoms with E-state index >= 15 is 0 Å². The van der Waals surface area contributed by atoms with Crippen LogP contribution in [0.3, 0.4) is 0 Å². The van der Waals surface area contributed by atoms with Gasteiger partial charge in [-0.1, -0.05) is 12.1 Å². The molecule has 5 nitrogen and oxygen atoms in total. The SMILES string of the molecule is CNc1nc(C)nc(Nc2cccc3ccncc23)c1C. The summed E-state index contributed by atoms with van der Waals surface area (Å²) >= 11 is 0. The van der Waals surface area contributed by atoms with Crippen LogP contribution in [0, 0.1) is 13.8 Å². The number of nitrogens with zero attached hydrogens (tertiary/aromatic N) is 3. The van der Waals surface area contributed by atoms with E-state index in [0.717, 1.165) is 39.5 Å². The van der Waals surface area contributed by atoms with Crippen LogP contribution in [0.25, 0.3) is 10.8 Å². The molecule has 2 heterocycles. The second-order valence-corrected chi connectivity index (χ2v) is 4.87. The van der Waals surface area contributed by atoms with E-state index in [2.05, 4.69) is 31.7 Å². The Balaban J connectivity index is 2.09. The van der Waals surface area contributed by atoms with E-state index in [9.17, 15) is 0 Å². The van der Waals surface area contributed by atoms with E-state index in [-0.39, 0.29) is 0 Å². The van der Waals surface area contributed by atoms with Crippen molar-refractivity contribution in [2.24, 2.45) is 0 Å². The molecule has 0 amide bonds. The van der Waals surface area contributed by atoms with Crippen molar-refractivity contribution in [3.63, 3.8) is 0 Å². The number of aromatic nitrogens is 3. The van der Waals surface area contributed by atoms with Gasteiger partial charge in [-0.25, -0.2) is 9.97 Å². The number of aryl methyl sites for hydroxylation is 1. The average molecular weight is 279 g/mol. The number of fused-ring (bicyclic) bond motifs is 1. The number of rotatable bonds is 3. The third-order valence-corrected chi connectivity index (χ3v) is 3.43. The van der Waals surface area contributed by atoms with Crippen LogP contribution in [0.1, 0.15) is 11.4 Å². The molecule has 1 aromatic carbocycles. The first kappa shape index (κ1) is 13.3. The van der Waals surface area contributed by atoms with E-state index in [4.69, 9.17) is 0 Å². The third kappa shape index (κ3) is 2.50. The van der Waals surface area contributed by atoms with Crippen molar-refractivity contribution in [3.05, 3.63) is 48.0 Å². The highest BCUT2D eigenvalue weighted by Gasteiger charge is 2.09. The van der Waals surface area contributed by atoms with E-state index in [1.54, 1.807) is 6.20 Å². The fraction of sp³-hybridized carbons (Fsp3) is 0.188. The molecule has 3 aromatic rings. The first-order valence-electron chi connectivity index (χ1n) is 6.82. The van der Waals surface area contributed by atoms with Crippen molar-refractivity contribution in [2.75, 3.05) is 17.7 Å². The summed E-state index contributed by atoms with van der Waals surface area (Å²) in [5.74, 6) is 2.37. The molecule has 2 N–H and O–H groups in total. The monoisotopic (exact) mass is 279 g/mol. The summed E-state index contributed by atoms with van der Waals surface area (Å²) in [6, 6.07) is 8.11. The van der Waals surface area contributed by atoms with E-state index < -0.39 is 0 Å². The Morgan fingerprint density at radius 3 is 2.62 bits per heavy atom. The van der Waals surface area contributed by atoms with Crippen molar-refractivity contribution in [3.8, 4) is 0 Å². The molecule has 0 radical (unpaired) electrons. The maximum atomic E-state index is 4.50. The zero-order chi connectivity index (χ0) is 14.8. The maximum Gasteiger partial charge on any atom is 0.139 e. The molecule has 0 bridgehead atoms. The zero-order valence-electron chi connectivity index (χ0n) is 12.3. The molecule has 106 valence electrons. The Hall–Kier alpha value is -2.69. The number of hydrogen-bond acceptors (Lipinski definition) is 5. The summed E-state index contributed by atoms with van der Waals surface area (Å²) < 4.78 is 0. The van der Waals surface area contributed by atoms with Crippen LogP contribution in [-0.2, 0) is 0 Å². The number of anilines is 3. The molecular weight excluding hydrogens is 262 g/mol. The summed E-state index contributed by atoms with van der Waals surface area (Å²) in [6.45, 7) is 3.88. The van der Waals surface area contributed by atoms with Gasteiger partial charge >= 0.3 is 0 Å². The molecule has 0 fully saturated rings. The van der Waals surface area contributed by atoms with Crippen molar-refractivity contribution in [2.45, 2.75) is 13.8 Å². The minimum absolute atomic E-state index is 0.728. The molecule has 0 aliphatic rings. The number of pyridine rings is 1. The lowest BCUT2D eigenvalue weighted by Gasteiger charge is -2.14. The summed E-state index contributed by atoms with van der Waals surface area (Å²) in [4.78, 5) is 13.1. The summed E-state index contributed by atoms with van der Waals surface area (Å²) in [5, 5.41) is 8.71.